The summed E-state index contributed by atoms with van der Waals surface area (Å²) in [4.78, 5) is 15.1. The first-order valence-corrected chi connectivity index (χ1v) is 10.8. The number of nitrogens with zero attached hydrogens (tertiary/aromatic N) is 1. The lowest BCUT2D eigenvalue weighted by atomic mass is 9.93. The van der Waals surface area contributed by atoms with Crippen molar-refractivity contribution >= 4 is 29.1 Å². The monoisotopic (exact) mass is 396 g/mol. The molecular weight excluding hydrogens is 367 g/mol. The van der Waals surface area contributed by atoms with Gasteiger partial charge in [-0.3, -0.25) is 9.69 Å². The standard InChI is InChI=1S/C21H30Cl2N2O/c22-18-11-10-16(20(23)13-18)14-25-12-6-7-17(15-25)21(26)24-19-8-4-2-1-3-5-9-19/h10-11,13,17,19H,1-9,12,14-15H2,(H,24,26). The molecule has 0 bridgehead atoms. The van der Waals surface area contributed by atoms with E-state index >= 15 is 0 Å². The maximum atomic E-state index is 12.8. The van der Waals surface area contributed by atoms with Gasteiger partial charge in [-0.15, -0.1) is 0 Å². The molecule has 1 saturated carbocycles. The van der Waals surface area contributed by atoms with Crippen LogP contribution in [0.25, 0.3) is 0 Å². The Labute approximate surface area is 167 Å². The molecule has 5 heteroatoms. The molecule has 1 saturated heterocycles. The molecule has 1 atom stereocenters. The number of piperidine rings is 1. The number of benzene rings is 1. The SMILES string of the molecule is O=C(NC1CCCCCCC1)C1CCCN(Cc2ccc(Cl)cc2Cl)C1. The Kier molecular flexibility index (Phi) is 7.65. The fraction of sp³-hybridized carbons (Fsp3) is 0.667. The second-order valence-electron chi connectivity index (χ2n) is 7.86. The summed E-state index contributed by atoms with van der Waals surface area (Å²) in [5, 5.41) is 4.72. The van der Waals surface area contributed by atoms with Gasteiger partial charge in [-0.1, -0.05) is 61.4 Å². The quantitative estimate of drug-likeness (QED) is 0.734. The minimum Gasteiger partial charge on any atom is -0.353 e. The first kappa shape index (κ1) is 20.0. The summed E-state index contributed by atoms with van der Waals surface area (Å²) in [6, 6.07) is 6.04. The fourth-order valence-corrected chi connectivity index (χ4v) is 4.69. The Morgan fingerprint density at radius 2 is 1.77 bits per heavy atom. The van der Waals surface area contributed by atoms with Crippen molar-refractivity contribution in [3.63, 3.8) is 0 Å². The number of likely N-dealkylation sites (tertiary alicyclic amines) is 1. The van der Waals surface area contributed by atoms with Gasteiger partial charge >= 0.3 is 0 Å². The van der Waals surface area contributed by atoms with Crippen LogP contribution in [-0.4, -0.2) is 29.9 Å². The highest BCUT2D eigenvalue weighted by atomic mass is 35.5. The predicted molar refractivity (Wildman–Crippen MR) is 109 cm³/mol. The van der Waals surface area contributed by atoms with Crippen LogP contribution in [0.3, 0.4) is 0 Å². The van der Waals surface area contributed by atoms with Crippen molar-refractivity contribution in [1.29, 1.82) is 0 Å². The largest absolute Gasteiger partial charge is 0.353 e. The van der Waals surface area contributed by atoms with Gasteiger partial charge < -0.3 is 5.32 Å². The van der Waals surface area contributed by atoms with E-state index in [-0.39, 0.29) is 11.8 Å². The zero-order valence-corrected chi connectivity index (χ0v) is 17.0. The Morgan fingerprint density at radius 1 is 1.04 bits per heavy atom. The molecular formula is C21H30Cl2N2O. The molecule has 1 amide bonds. The second-order valence-corrected chi connectivity index (χ2v) is 8.70. The Hall–Kier alpha value is -0.770. The van der Waals surface area contributed by atoms with Crippen molar-refractivity contribution in [2.24, 2.45) is 5.92 Å². The zero-order valence-electron chi connectivity index (χ0n) is 15.5. The van der Waals surface area contributed by atoms with E-state index in [0.717, 1.165) is 50.9 Å². The minimum absolute atomic E-state index is 0.0975. The zero-order chi connectivity index (χ0) is 18.4. The third-order valence-corrected chi connectivity index (χ3v) is 6.32. The van der Waals surface area contributed by atoms with Gasteiger partial charge in [0.1, 0.15) is 0 Å². The first-order chi connectivity index (χ1) is 12.6. The molecule has 1 aromatic carbocycles. The Morgan fingerprint density at radius 3 is 2.50 bits per heavy atom. The van der Waals surface area contributed by atoms with Crippen LogP contribution in [0.1, 0.15) is 63.4 Å². The van der Waals surface area contributed by atoms with Crippen molar-refractivity contribution in [2.75, 3.05) is 13.1 Å². The molecule has 2 aliphatic rings. The lowest BCUT2D eigenvalue weighted by Gasteiger charge is -2.33. The number of rotatable bonds is 4. The van der Waals surface area contributed by atoms with E-state index in [0.29, 0.717) is 16.1 Å². The predicted octanol–water partition coefficient (Wildman–Crippen LogP) is 5.43. The molecule has 1 unspecified atom stereocenters. The van der Waals surface area contributed by atoms with E-state index in [4.69, 9.17) is 23.2 Å². The molecule has 26 heavy (non-hydrogen) atoms. The van der Waals surface area contributed by atoms with Crippen molar-refractivity contribution in [1.82, 2.24) is 10.2 Å². The summed E-state index contributed by atoms with van der Waals surface area (Å²) in [5.41, 5.74) is 1.08. The van der Waals surface area contributed by atoms with E-state index in [9.17, 15) is 4.79 Å². The summed E-state index contributed by atoms with van der Waals surface area (Å²) >= 11 is 12.3. The number of hydrogen-bond acceptors (Lipinski definition) is 2. The fourth-order valence-electron chi connectivity index (χ4n) is 4.22. The highest BCUT2D eigenvalue weighted by Gasteiger charge is 2.27. The first-order valence-electron chi connectivity index (χ1n) is 10.1. The van der Waals surface area contributed by atoms with Gasteiger partial charge in [0, 0.05) is 29.2 Å². The molecule has 0 radical (unpaired) electrons. The third kappa shape index (κ3) is 5.87. The number of hydrogen-bond donors (Lipinski definition) is 1. The number of amides is 1. The number of halogens is 2. The molecule has 2 fully saturated rings. The van der Waals surface area contributed by atoms with Crippen LogP contribution >= 0.6 is 23.2 Å². The number of nitrogens with one attached hydrogen (secondary N) is 1. The summed E-state index contributed by atoms with van der Waals surface area (Å²) < 4.78 is 0. The van der Waals surface area contributed by atoms with Crippen molar-refractivity contribution in [3.05, 3.63) is 33.8 Å². The molecule has 1 aliphatic carbocycles. The van der Waals surface area contributed by atoms with Gasteiger partial charge in [0.2, 0.25) is 5.91 Å². The molecule has 1 heterocycles. The Bertz CT molecular complexity index is 600. The van der Waals surface area contributed by atoms with Crippen molar-refractivity contribution < 1.29 is 4.79 Å². The third-order valence-electron chi connectivity index (χ3n) is 5.74. The molecule has 144 valence electrons. The van der Waals surface area contributed by atoms with E-state index in [2.05, 4.69) is 10.2 Å². The van der Waals surface area contributed by atoms with E-state index < -0.39 is 0 Å². The molecule has 3 nitrogen and oxygen atoms in total. The second kappa shape index (κ2) is 9.96. The molecule has 1 aliphatic heterocycles. The number of carbonyl (C=O) groups is 1. The van der Waals surface area contributed by atoms with Gasteiger partial charge in [-0.25, -0.2) is 0 Å². The van der Waals surface area contributed by atoms with Crippen LogP contribution in [-0.2, 0) is 11.3 Å². The molecule has 0 spiro atoms. The van der Waals surface area contributed by atoms with Crippen LogP contribution in [0.15, 0.2) is 18.2 Å². The van der Waals surface area contributed by atoms with Gasteiger partial charge in [0.25, 0.3) is 0 Å². The van der Waals surface area contributed by atoms with Crippen LogP contribution < -0.4 is 5.32 Å². The van der Waals surface area contributed by atoms with E-state index in [1.54, 1.807) is 6.07 Å². The minimum atomic E-state index is 0.0975. The average Bonchev–Trinajstić information content (AvgIpc) is 2.60. The Balaban J connectivity index is 1.52. The van der Waals surface area contributed by atoms with Crippen LogP contribution in [0.4, 0.5) is 0 Å². The van der Waals surface area contributed by atoms with Gasteiger partial charge in [0.15, 0.2) is 0 Å². The van der Waals surface area contributed by atoms with Crippen LogP contribution in [0, 0.1) is 5.92 Å². The molecule has 1 N–H and O–H groups in total. The van der Waals surface area contributed by atoms with E-state index in [1.807, 2.05) is 12.1 Å². The highest BCUT2D eigenvalue weighted by Crippen LogP contribution is 2.25. The van der Waals surface area contributed by atoms with Gasteiger partial charge in [0.05, 0.1) is 5.92 Å². The average molecular weight is 397 g/mol. The lowest BCUT2D eigenvalue weighted by molar-refractivity contribution is -0.127. The summed E-state index contributed by atoms with van der Waals surface area (Å²) in [6.07, 6.45) is 10.8. The van der Waals surface area contributed by atoms with Crippen LogP contribution in [0.5, 0.6) is 0 Å². The molecule has 1 aromatic rings. The van der Waals surface area contributed by atoms with E-state index in [1.165, 1.54) is 32.1 Å². The van der Waals surface area contributed by atoms with Crippen LogP contribution in [0.2, 0.25) is 10.0 Å². The normalized spacial score (nSPS) is 23.2. The van der Waals surface area contributed by atoms with Crippen molar-refractivity contribution in [2.45, 2.75) is 70.4 Å². The maximum absolute atomic E-state index is 12.8. The lowest BCUT2D eigenvalue weighted by Crippen LogP contribution is -2.45. The maximum Gasteiger partial charge on any atom is 0.224 e. The molecule has 0 aromatic heterocycles. The summed E-state index contributed by atoms with van der Waals surface area (Å²) in [5.74, 6) is 0.350. The smallest absolute Gasteiger partial charge is 0.224 e. The van der Waals surface area contributed by atoms with Gasteiger partial charge in [-0.2, -0.15) is 0 Å². The topological polar surface area (TPSA) is 32.3 Å². The summed E-state index contributed by atoms with van der Waals surface area (Å²) in [7, 11) is 0. The van der Waals surface area contributed by atoms with Crippen molar-refractivity contribution in [3.8, 4) is 0 Å². The number of carbonyl (C=O) groups excluding carboxylic acids is 1. The van der Waals surface area contributed by atoms with Gasteiger partial charge in [-0.05, 0) is 49.9 Å². The summed E-state index contributed by atoms with van der Waals surface area (Å²) in [6.45, 7) is 2.62. The highest BCUT2D eigenvalue weighted by molar-refractivity contribution is 6.35. The molecule has 3 rings (SSSR count).